The summed E-state index contributed by atoms with van der Waals surface area (Å²) in [4.78, 5) is 12.1. The van der Waals surface area contributed by atoms with Crippen LogP contribution in [0.1, 0.15) is 48.3 Å². The first kappa shape index (κ1) is 13.2. The van der Waals surface area contributed by atoms with Gasteiger partial charge in [0.15, 0.2) is 5.69 Å². The van der Waals surface area contributed by atoms with Gasteiger partial charge in [0.1, 0.15) is 5.76 Å². The Bertz CT molecular complexity index is 545. The number of nitrogens with zero attached hydrogens (tertiary/aromatic N) is 1. The van der Waals surface area contributed by atoms with E-state index in [4.69, 9.17) is 10.2 Å². The SMILES string of the molecule is CCCc1[nH]nc(C(=O)NC(C)c2ccco2)c1N. The fourth-order valence-electron chi connectivity index (χ4n) is 1.87. The third-order valence-corrected chi connectivity index (χ3v) is 2.92. The lowest BCUT2D eigenvalue weighted by Crippen LogP contribution is -2.27. The van der Waals surface area contributed by atoms with Crippen molar-refractivity contribution in [1.82, 2.24) is 15.5 Å². The number of H-pyrrole nitrogens is 1. The standard InChI is InChI=1S/C13H18N4O2/c1-3-5-9-11(14)12(17-16-9)13(18)15-8(2)10-6-4-7-19-10/h4,6-8H,3,5,14H2,1-2H3,(H,15,18)(H,16,17). The van der Waals surface area contributed by atoms with Crippen LogP contribution in [0.2, 0.25) is 0 Å². The van der Waals surface area contributed by atoms with Gasteiger partial charge in [0.25, 0.3) is 5.91 Å². The summed E-state index contributed by atoms with van der Waals surface area (Å²) in [5.74, 6) is 0.385. The maximum Gasteiger partial charge on any atom is 0.274 e. The molecule has 0 aliphatic rings. The summed E-state index contributed by atoms with van der Waals surface area (Å²) in [6.07, 6.45) is 3.29. The first-order valence-corrected chi connectivity index (χ1v) is 6.30. The molecule has 2 aromatic rings. The number of nitrogens with one attached hydrogen (secondary N) is 2. The van der Waals surface area contributed by atoms with Crippen LogP contribution in [0.25, 0.3) is 0 Å². The number of carbonyl (C=O) groups is 1. The molecule has 4 N–H and O–H groups in total. The van der Waals surface area contributed by atoms with Crippen LogP contribution < -0.4 is 11.1 Å². The zero-order chi connectivity index (χ0) is 13.8. The molecular weight excluding hydrogens is 244 g/mol. The minimum Gasteiger partial charge on any atom is -0.467 e. The molecule has 6 nitrogen and oxygen atoms in total. The second kappa shape index (κ2) is 5.60. The minimum absolute atomic E-state index is 0.228. The summed E-state index contributed by atoms with van der Waals surface area (Å²) >= 11 is 0. The summed E-state index contributed by atoms with van der Waals surface area (Å²) in [6, 6.07) is 3.36. The van der Waals surface area contributed by atoms with E-state index in [9.17, 15) is 4.79 Å². The van der Waals surface area contributed by atoms with Crippen LogP contribution >= 0.6 is 0 Å². The second-order valence-corrected chi connectivity index (χ2v) is 4.43. The molecule has 0 aromatic carbocycles. The number of amides is 1. The van der Waals surface area contributed by atoms with Crippen LogP contribution in [0.3, 0.4) is 0 Å². The molecule has 0 saturated heterocycles. The van der Waals surface area contributed by atoms with Crippen molar-refractivity contribution in [1.29, 1.82) is 0 Å². The van der Waals surface area contributed by atoms with Crippen LogP contribution in [-0.4, -0.2) is 16.1 Å². The monoisotopic (exact) mass is 262 g/mol. The molecule has 2 heterocycles. The summed E-state index contributed by atoms with van der Waals surface area (Å²) < 4.78 is 5.23. The number of nitrogen functional groups attached to an aromatic ring is 1. The van der Waals surface area contributed by atoms with Gasteiger partial charge in [0, 0.05) is 0 Å². The fraction of sp³-hybridized carbons (Fsp3) is 0.385. The summed E-state index contributed by atoms with van der Waals surface area (Å²) in [6.45, 7) is 3.88. The molecule has 0 fully saturated rings. The van der Waals surface area contributed by atoms with E-state index in [-0.39, 0.29) is 17.6 Å². The van der Waals surface area contributed by atoms with E-state index in [0.717, 1.165) is 18.5 Å². The van der Waals surface area contributed by atoms with E-state index in [1.807, 2.05) is 13.8 Å². The van der Waals surface area contributed by atoms with Crippen molar-refractivity contribution < 1.29 is 9.21 Å². The van der Waals surface area contributed by atoms with Crippen molar-refractivity contribution in [2.45, 2.75) is 32.7 Å². The Balaban J connectivity index is 2.08. The molecule has 2 aromatic heterocycles. The highest BCUT2D eigenvalue weighted by atomic mass is 16.3. The fourth-order valence-corrected chi connectivity index (χ4v) is 1.87. The number of hydrogen-bond donors (Lipinski definition) is 3. The van der Waals surface area contributed by atoms with E-state index in [1.54, 1.807) is 18.4 Å². The maximum atomic E-state index is 12.1. The van der Waals surface area contributed by atoms with E-state index in [1.165, 1.54) is 0 Å². The number of aryl methyl sites for hydroxylation is 1. The zero-order valence-electron chi connectivity index (χ0n) is 11.1. The van der Waals surface area contributed by atoms with E-state index < -0.39 is 0 Å². The van der Waals surface area contributed by atoms with Crippen LogP contribution in [0, 0.1) is 0 Å². The highest BCUT2D eigenvalue weighted by Crippen LogP contribution is 2.18. The summed E-state index contributed by atoms with van der Waals surface area (Å²) in [5.41, 5.74) is 7.37. The normalized spacial score (nSPS) is 12.3. The van der Waals surface area contributed by atoms with Crippen molar-refractivity contribution in [3.63, 3.8) is 0 Å². The molecule has 0 bridgehead atoms. The number of rotatable bonds is 5. The number of aromatic amines is 1. The van der Waals surface area contributed by atoms with Gasteiger partial charge in [-0.25, -0.2) is 0 Å². The molecule has 1 unspecified atom stereocenters. The van der Waals surface area contributed by atoms with Gasteiger partial charge in [0.2, 0.25) is 0 Å². The molecule has 102 valence electrons. The smallest absolute Gasteiger partial charge is 0.274 e. The van der Waals surface area contributed by atoms with Gasteiger partial charge in [-0.3, -0.25) is 9.89 Å². The highest BCUT2D eigenvalue weighted by molar-refractivity contribution is 5.97. The molecular formula is C13H18N4O2. The first-order valence-electron chi connectivity index (χ1n) is 6.30. The van der Waals surface area contributed by atoms with E-state index in [2.05, 4.69) is 15.5 Å². The number of hydrogen-bond acceptors (Lipinski definition) is 4. The van der Waals surface area contributed by atoms with E-state index >= 15 is 0 Å². The molecule has 1 atom stereocenters. The third kappa shape index (κ3) is 2.78. The van der Waals surface area contributed by atoms with Crippen molar-refractivity contribution in [2.75, 3.05) is 5.73 Å². The Morgan fingerprint density at radius 1 is 1.63 bits per heavy atom. The van der Waals surface area contributed by atoms with Crippen molar-refractivity contribution >= 4 is 11.6 Å². The van der Waals surface area contributed by atoms with Crippen molar-refractivity contribution in [3.8, 4) is 0 Å². The third-order valence-electron chi connectivity index (χ3n) is 2.92. The van der Waals surface area contributed by atoms with Crippen LogP contribution in [-0.2, 0) is 6.42 Å². The molecule has 0 radical (unpaired) electrons. The number of aromatic nitrogens is 2. The average Bonchev–Trinajstić information content (AvgIpc) is 3.01. The quantitative estimate of drug-likeness (QED) is 0.768. The minimum atomic E-state index is -0.306. The molecule has 19 heavy (non-hydrogen) atoms. The largest absolute Gasteiger partial charge is 0.467 e. The van der Waals surface area contributed by atoms with Crippen LogP contribution in [0.5, 0.6) is 0 Å². The predicted octanol–water partition coefficient (Wildman–Crippen LogP) is 2.03. The number of nitrogens with two attached hydrogens (primary N) is 1. The van der Waals surface area contributed by atoms with Gasteiger partial charge in [-0.2, -0.15) is 5.10 Å². The lowest BCUT2D eigenvalue weighted by molar-refractivity contribution is 0.0931. The molecule has 2 rings (SSSR count). The van der Waals surface area contributed by atoms with Crippen molar-refractivity contribution in [3.05, 3.63) is 35.5 Å². The van der Waals surface area contributed by atoms with Gasteiger partial charge in [-0.05, 0) is 25.5 Å². The summed E-state index contributed by atoms with van der Waals surface area (Å²) in [5, 5.41) is 9.58. The summed E-state index contributed by atoms with van der Waals surface area (Å²) in [7, 11) is 0. The number of carbonyl (C=O) groups excluding carboxylic acids is 1. The van der Waals surface area contributed by atoms with Crippen molar-refractivity contribution in [2.24, 2.45) is 0 Å². The average molecular weight is 262 g/mol. The Morgan fingerprint density at radius 2 is 2.42 bits per heavy atom. The molecule has 0 aliphatic heterocycles. The van der Waals surface area contributed by atoms with Gasteiger partial charge >= 0.3 is 0 Å². The highest BCUT2D eigenvalue weighted by Gasteiger charge is 2.19. The van der Waals surface area contributed by atoms with Gasteiger partial charge in [-0.15, -0.1) is 0 Å². The molecule has 1 amide bonds. The first-order chi connectivity index (χ1) is 9.13. The second-order valence-electron chi connectivity index (χ2n) is 4.43. The zero-order valence-corrected chi connectivity index (χ0v) is 11.1. The van der Waals surface area contributed by atoms with Gasteiger partial charge < -0.3 is 15.5 Å². The maximum absolute atomic E-state index is 12.1. The predicted molar refractivity (Wildman–Crippen MR) is 71.6 cm³/mol. The van der Waals surface area contributed by atoms with Crippen LogP contribution in [0.15, 0.2) is 22.8 Å². The molecule has 0 spiro atoms. The Hall–Kier alpha value is -2.24. The van der Waals surface area contributed by atoms with Gasteiger partial charge in [-0.1, -0.05) is 13.3 Å². The Labute approximate surface area is 111 Å². The topological polar surface area (TPSA) is 96.9 Å². The number of anilines is 1. The van der Waals surface area contributed by atoms with E-state index in [0.29, 0.717) is 11.4 Å². The Morgan fingerprint density at radius 3 is 3.05 bits per heavy atom. The Kier molecular flexibility index (Phi) is 3.89. The molecule has 6 heteroatoms. The molecule has 0 saturated carbocycles. The van der Waals surface area contributed by atoms with Crippen LogP contribution in [0.4, 0.5) is 5.69 Å². The molecule has 0 aliphatic carbocycles. The number of furan rings is 1. The lowest BCUT2D eigenvalue weighted by Gasteiger charge is -2.10. The lowest BCUT2D eigenvalue weighted by atomic mass is 10.2. The van der Waals surface area contributed by atoms with Gasteiger partial charge in [0.05, 0.1) is 23.7 Å².